The lowest BCUT2D eigenvalue weighted by atomic mass is 10.1. The van der Waals surface area contributed by atoms with E-state index < -0.39 is 5.82 Å². The van der Waals surface area contributed by atoms with E-state index in [0.717, 1.165) is 16.8 Å². The van der Waals surface area contributed by atoms with Crippen LogP contribution < -0.4 is 15.0 Å². The number of thiocarbonyl (C=S) groups is 1. The van der Waals surface area contributed by atoms with Crippen LogP contribution >= 0.6 is 12.2 Å². The first-order chi connectivity index (χ1) is 13.0. The van der Waals surface area contributed by atoms with E-state index in [1.54, 1.807) is 17.0 Å². The standard InChI is InChI=1S/C22H19FN2OS/c1-15-7-6-8-19(16(15)2)24-22(27)20(25-13-4-3-5-14-25)21(26)17-9-11-18(23)12-10-17/h3-14H,1-2H3,(H-,24,26,27). The summed E-state index contributed by atoms with van der Waals surface area (Å²) in [6, 6.07) is 16.8. The molecule has 1 aromatic heterocycles. The average molecular weight is 378 g/mol. The summed E-state index contributed by atoms with van der Waals surface area (Å²) in [5.74, 6) is -0.675. The zero-order valence-electron chi connectivity index (χ0n) is 15.1. The number of halogens is 1. The van der Waals surface area contributed by atoms with E-state index in [2.05, 4.69) is 5.32 Å². The molecule has 5 heteroatoms. The number of pyridine rings is 1. The Morgan fingerprint density at radius 3 is 2.30 bits per heavy atom. The van der Waals surface area contributed by atoms with Crippen LogP contribution in [0.25, 0.3) is 11.5 Å². The van der Waals surface area contributed by atoms with E-state index in [-0.39, 0.29) is 5.76 Å². The fraction of sp³-hybridized carbons (Fsp3) is 0.0909. The maximum absolute atomic E-state index is 13.2. The lowest BCUT2D eigenvalue weighted by molar-refractivity contribution is -0.577. The zero-order chi connectivity index (χ0) is 19.4. The molecule has 2 aromatic carbocycles. The molecule has 0 radical (unpaired) electrons. The van der Waals surface area contributed by atoms with Crippen molar-refractivity contribution in [2.75, 3.05) is 5.32 Å². The van der Waals surface area contributed by atoms with Gasteiger partial charge in [-0.3, -0.25) is 0 Å². The van der Waals surface area contributed by atoms with Crippen molar-refractivity contribution in [2.45, 2.75) is 13.8 Å². The summed E-state index contributed by atoms with van der Waals surface area (Å²) in [6.45, 7) is 4.02. The van der Waals surface area contributed by atoms with Gasteiger partial charge in [0.2, 0.25) is 5.70 Å². The largest absolute Gasteiger partial charge is 0.867 e. The van der Waals surface area contributed by atoms with Gasteiger partial charge in [0, 0.05) is 17.8 Å². The van der Waals surface area contributed by atoms with Crippen molar-refractivity contribution < 1.29 is 14.1 Å². The van der Waals surface area contributed by atoms with Crippen LogP contribution in [-0.4, -0.2) is 4.99 Å². The normalized spacial score (nSPS) is 11.7. The van der Waals surface area contributed by atoms with Crippen LogP contribution in [0.4, 0.5) is 10.1 Å². The molecule has 0 fully saturated rings. The molecule has 3 aromatic rings. The molecule has 0 amide bonds. The molecular weight excluding hydrogens is 359 g/mol. The van der Waals surface area contributed by atoms with Gasteiger partial charge < -0.3 is 10.4 Å². The van der Waals surface area contributed by atoms with Crippen LogP contribution in [-0.2, 0) is 0 Å². The van der Waals surface area contributed by atoms with Gasteiger partial charge in [-0.2, -0.15) is 4.57 Å². The molecule has 0 saturated heterocycles. The van der Waals surface area contributed by atoms with E-state index in [1.807, 2.05) is 50.2 Å². The number of aryl methyl sites for hydroxylation is 1. The Kier molecular flexibility index (Phi) is 5.62. The first kappa shape index (κ1) is 18.7. The predicted molar refractivity (Wildman–Crippen MR) is 108 cm³/mol. The highest BCUT2D eigenvalue weighted by molar-refractivity contribution is 7.81. The van der Waals surface area contributed by atoms with E-state index in [4.69, 9.17) is 12.2 Å². The monoisotopic (exact) mass is 378 g/mol. The molecule has 1 N–H and O–H groups in total. The Labute approximate surface area is 163 Å². The average Bonchev–Trinajstić information content (AvgIpc) is 2.67. The third kappa shape index (κ3) is 4.20. The molecule has 3 rings (SSSR count). The number of nitrogens with zero attached hydrogens (tertiary/aromatic N) is 1. The van der Waals surface area contributed by atoms with Crippen molar-refractivity contribution in [3.8, 4) is 0 Å². The maximum atomic E-state index is 13.2. The summed E-state index contributed by atoms with van der Waals surface area (Å²) in [7, 11) is 0. The minimum absolute atomic E-state index is 0.283. The summed E-state index contributed by atoms with van der Waals surface area (Å²) >= 11 is 5.58. The van der Waals surface area contributed by atoms with Crippen LogP contribution in [0.2, 0.25) is 0 Å². The van der Waals surface area contributed by atoms with Crippen LogP contribution in [0.15, 0.2) is 73.1 Å². The summed E-state index contributed by atoms with van der Waals surface area (Å²) in [4.78, 5) is 0.300. The number of nitrogens with one attached hydrogen (secondary N) is 1. The summed E-state index contributed by atoms with van der Waals surface area (Å²) in [5, 5.41) is 16.3. The fourth-order valence-electron chi connectivity index (χ4n) is 2.69. The molecular formula is C22H19FN2OS. The topological polar surface area (TPSA) is 39.0 Å². The second kappa shape index (κ2) is 8.10. The number of rotatable bonds is 4. The number of aromatic nitrogens is 1. The summed E-state index contributed by atoms with van der Waals surface area (Å²) < 4.78 is 14.9. The molecule has 0 aliphatic rings. The summed E-state index contributed by atoms with van der Waals surface area (Å²) in [6.07, 6.45) is 3.52. The van der Waals surface area contributed by atoms with Crippen molar-refractivity contribution >= 4 is 34.3 Å². The van der Waals surface area contributed by atoms with Crippen molar-refractivity contribution in [3.63, 3.8) is 0 Å². The minimum atomic E-state index is -0.392. The van der Waals surface area contributed by atoms with Gasteiger partial charge in [0.25, 0.3) is 0 Å². The first-order valence-corrected chi connectivity index (χ1v) is 8.89. The van der Waals surface area contributed by atoms with Gasteiger partial charge in [-0.25, -0.2) is 4.39 Å². The van der Waals surface area contributed by atoms with Crippen LogP contribution in [0.1, 0.15) is 16.7 Å². The van der Waals surface area contributed by atoms with Crippen molar-refractivity contribution in [2.24, 2.45) is 0 Å². The van der Waals surface area contributed by atoms with Gasteiger partial charge in [0.15, 0.2) is 17.4 Å². The number of hydrogen-bond acceptors (Lipinski definition) is 2. The van der Waals surface area contributed by atoms with E-state index in [0.29, 0.717) is 16.2 Å². The number of benzene rings is 2. The molecule has 0 unspecified atom stereocenters. The van der Waals surface area contributed by atoms with Gasteiger partial charge in [-0.05, 0) is 54.5 Å². The smallest absolute Gasteiger partial charge is 0.238 e. The third-order valence-electron chi connectivity index (χ3n) is 4.36. The molecule has 0 aliphatic heterocycles. The Balaban J connectivity index is 2.07. The predicted octanol–water partition coefficient (Wildman–Crippen LogP) is 3.86. The van der Waals surface area contributed by atoms with Gasteiger partial charge >= 0.3 is 0 Å². The SMILES string of the molecule is Cc1cccc(NC(=S)C(=C([O-])c2ccc(F)cc2)[n+]2ccccc2)c1C. The first-order valence-electron chi connectivity index (χ1n) is 8.49. The fourth-order valence-corrected chi connectivity index (χ4v) is 3.00. The highest BCUT2D eigenvalue weighted by Gasteiger charge is 2.19. The molecule has 0 saturated carbocycles. The Morgan fingerprint density at radius 1 is 0.963 bits per heavy atom. The van der Waals surface area contributed by atoms with Gasteiger partial charge in [-0.15, -0.1) is 0 Å². The van der Waals surface area contributed by atoms with E-state index in [9.17, 15) is 9.50 Å². The van der Waals surface area contributed by atoms with Crippen LogP contribution in [0.3, 0.4) is 0 Å². The Bertz CT molecular complexity index is 999. The van der Waals surface area contributed by atoms with Crippen molar-refractivity contribution in [1.29, 1.82) is 0 Å². The highest BCUT2D eigenvalue weighted by Crippen LogP contribution is 2.21. The van der Waals surface area contributed by atoms with Gasteiger partial charge in [0.05, 0.1) is 0 Å². The van der Waals surface area contributed by atoms with Crippen LogP contribution in [0.5, 0.6) is 0 Å². The van der Waals surface area contributed by atoms with E-state index >= 15 is 0 Å². The maximum Gasteiger partial charge on any atom is 0.238 e. The highest BCUT2D eigenvalue weighted by atomic mass is 32.1. The van der Waals surface area contributed by atoms with Gasteiger partial charge in [0.1, 0.15) is 5.82 Å². The zero-order valence-corrected chi connectivity index (χ0v) is 15.9. The van der Waals surface area contributed by atoms with Gasteiger partial charge in [-0.1, -0.05) is 42.5 Å². The second-order valence-corrected chi connectivity index (χ2v) is 6.58. The Morgan fingerprint density at radius 2 is 1.63 bits per heavy atom. The van der Waals surface area contributed by atoms with Crippen molar-refractivity contribution in [1.82, 2.24) is 0 Å². The number of anilines is 1. The molecule has 0 bridgehead atoms. The molecule has 27 heavy (non-hydrogen) atoms. The number of hydrogen-bond donors (Lipinski definition) is 1. The third-order valence-corrected chi connectivity index (χ3v) is 4.66. The van der Waals surface area contributed by atoms with Crippen molar-refractivity contribution in [3.05, 3.63) is 95.6 Å². The lowest BCUT2D eigenvalue weighted by Gasteiger charge is -2.18. The Hall–Kier alpha value is -3.05. The van der Waals surface area contributed by atoms with E-state index in [1.165, 1.54) is 24.3 Å². The molecule has 1 heterocycles. The molecule has 0 aliphatic carbocycles. The minimum Gasteiger partial charge on any atom is -0.867 e. The lowest BCUT2D eigenvalue weighted by Crippen LogP contribution is -2.39. The molecule has 0 atom stereocenters. The molecule has 0 spiro atoms. The quantitative estimate of drug-likeness (QED) is 0.324. The van der Waals surface area contributed by atoms with Crippen LogP contribution in [0, 0.1) is 19.7 Å². The molecule has 3 nitrogen and oxygen atoms in total. The molecule has 136 valence electrons. The summed E-state index contributed by atoms with van der Waals surface area (Å²) in [5.41, 5.74) is 3.71. The second-order valence-electron chi connectivity index (χ2n) is 6.17.